The van der Waals surface area contributed by atoms with Crippen LogP contribution >= 0.6 is 0 Å². The van der Waals surface area contributed by atoms with Crippen LogP contribution in [0.4, 0.5) is 0 Å². The minimum absolute atomic E-state index is 0.0246. The van der Waals surface area contributed by atoms with E-state index < -0.39 is 5.41 Å². The molecule has 0 saturated carbocycles. The van der Waals surface area contributed by atoms with Gasteiger partial charge in [0.15, 0.2) is 11.5 Å². The van der Waals surface area contributed by atoms with Crippen molar-refractivity contribution in [2.45, 2.75) is 57.1 Å². The first-order valence-electron chi connectivity index (χ1n) is 12.7. The number of carbonyl (C=O) groups is 3. The Bertz CT molecular complexity index is 1130. The number of benzene rings is 2. The average molecular weight is 493 g/mol. The Morgan fingerprint density at radius 3 is 2.67 bits per heavy atom. The van der Waals surface area contributed by atoms with Crippen molar-refractivity contribution in [3.8, 4) is 11.5 Å². The molecule has 2 saturated heterocycles. The zero-order valence-corrected chi connectivity index (χ0v) is 20.6. The van der Waals surface area contributed by atoms with Crippen molar-refractivity contribution in [2.75, 3.05) is 26.5 Å². The average Bonchev–Trinajstić information content (AvgIpc) is 3.62. The van der Waals surface area contributed by atoms with E-state index in [0.29, 0.717) is 36.8 Å². The van der Waals surface area contributed by atoms with Crippen LogP contribution in [0.25, 0.3) is 0 Å². The predicted octanol–water partition coefficient (Wildman–Crippen LogP) is 3.42. The summed E-state index contributed by atoms with van der Waals surface area (Å²) < 4.78 is 16.6. The van der Waals surface area contributed by atoms with Crippen LogP contribution in [-0.2, 0) is 31.1 Å². The molecule has 2 atom stereocenters. The summed E-state index contributed by atoms with van der Waals surface area (Å²) in [6.07, 6.45) is 2.67. The molecule has 3 aliphatic heterocycles. The number of rotatable bonds is 9. The maximum atomic E-state index is 14.0. The van der Waals surface area contributed by atoms with Crippen molar-refractivity contribution in [2.24, 2.45) is 0 Å². The van der Waals surface area contributed by atoms with Crippen molar-refractivity contribution in [1.82, 2.24) is 9.80 Å². The SMILES string of the molecule is CCCN(C[C@@H]1CCCO1)C(=O)C[C@]1(c2ccccc2)CC(=O)N(Cc2ccc3c(c2)OCO3)C1=O. The molecule has 3 amide bonds. The van der Waals surface area contributed by atoms with E-state index in [1.807, 2.05) is 43.3 Å². The Hall–Kier alpha value is -3.39. The van der Waals surface area contributed by atoms with Gasteiger partial charge in [-0.2, -0.15) is 0 Å². The number of nitrogens with zero attached hydrogens (tertiary/aromatic N) is 2. The van der Waals surface area contributed by atoms with Gasteiger partial charge in [0, 0.05) is 32.5 Å². The van der Waals surface area contributed by atoms with Gasteiger partial charge in [-0.25, -0.2) is 0 Å². The monoisotopic (exact) mass is 492 g/mol. The molecule has 3 heterocycles. The smallest absolute Gasteiger partial charge is 0.241 e. The lowest BCUT2D eigenvalue weighted by Gasteiger charge is -2.31. The topological polar surface area (TPSA) is 85.4 Å². The minimum Gasteiger partial charge on any atom is -0.454 e. The molecule has 0 spiro atoms. The van der Waals surface area contributed by atoms with E-state index in [-0.39, 0.29) is 50.0 Å². The molecular weight excluding hydrogens is 460 g/mol. The van der Waals surface area contributed by atoms with E-state index >= 15 is 0 Å². The lowest BCUT2D eigenvalue weighted by Crippen LogP contribution is -2.45. The van der Waals surface area contributed by atoms with Crippen LogP contribution in [0.3, 0.4) is 0 Å². The molecule has 0 bridgehead atoms. The molecule has 2 aromatic carbocycles. The first-order valence-corrected chi connectivity index (χ1v) is 12.7. The van der Waals surface area contributed by atoms with E-state index in [9.17, 15) is 14.4 Å². The Balaban J connectivity index is 1.41. The molecular formula is C28H32N2O6. The van der Waals surface area contributed by atoms with Gasteiger partial charge in [0.25, 0.3) is 0 Å². The van der Waals surface area contributed by atoms with Gasteiger partial charge in [0.05, 0.1) is 18.1 Å². The third-order valence-corrected chi connectivity index (χ3v) is 7.26. The normalized spacial score (nSPS) is 22.9. The van der Waals surface area contributed by atoms with Gasteiger partial charge in [0.1, 0.15) is 0 Å². The summed E-state index contributed by atoms with van der Waals surface area (Å²) in [5.74, 6) is 0.501. The maximum absolute atomic E-state index is 14.0. The fraction of sp³-hybridized carbons (Fsp3) is 0.464. The Labute approximate surface area is 211 Å². The molecule has 36 heavy (non-hydrogen) atoms. The summed E-state index contributed by atoms with van der Waals surface area (Å²) >= 11 is 0. The minimum atomic E-state index is -1.23. The quantitative estimate of drug-likeness (QED) is 0.499. The molecule has 0 aliphatic carbocycles. The highest BCUT2D eigenvalue weighted by Gasteiger charge is 2.54. The Kier molecular flexibility index (Phi) is 6.96. The summed E-state index contributed by atoms with van der Waals surface area (Å²) in [6.45, 7) is 4.12. The van der Waals surface area contributed by atoms with Gasteiger partial charge in [-0.1, -0.05) is 43.3 Å². The van der Waals surface area contributed by atoms with E-state index in [1.54, 1.807) is 17.0 Å². The second-order valence-electron chi connectivity index (χ2n) is 9.75. The fourth-order valence-corrected chi connectivity index (χ4v) is 5.40. The fourth-order valence-electron chi connectivity index (χ4n) is 5.40. The number of ether oxygens (including phenoxy) is 3. The predicted molar refractivity (Wildman–Crippen MR) is 131 cm³/mol. The first-order chi connectivity index (χ1) is 17.5. The van der Waals surface area contributed by atoms with Gasteiger partial charge in [-0.15, -0.1) is 0 Å². The summed E-state index contributed by atoms with van der Waals surface area (Å²) in [5.41, 5.74) is 0.231. The van der Waals surface area contributed by atoms with E-state index in [2.05, 4.69) is 0 Å². The molecule has 0 unspecified atom stereocenters. The molecule has 3 aliphatic rings. The molecule has 190 valence electrons. The van der Waals surface area contributed by atoms with Crippen molar-refractivity contribution in [1.29, 1.82) is 0 Å². The second kappa shape index (κ2) is 10.3. The van der Waals surface area contributed by atoms with Crippen LogP contribution in [0.1, 0.15) is 50.2 Å². The standard InChI is InChI=1S/C28H32N2O6/c1-2-12-29(18-22-9-6-13-34-22)25(31)15-28(21-7-4-3-5-8-21)16-26(32)30(27(28)33)17-20-10-11-23-24(14-20)36-19-35-23/h3-5,7-8,10-11,14,22H,2,6,9,12-13,15-19H2,1H3/t22-,28+/m0/s1. The van der Waals surface area contributed by atoms with E-state index in [1.165, 1.54) is 4.90 Å². The summed E-state index contributed by atoms with van der Waals surface area (Å²) in [4.78, 5) is 44.0. The summed E-state index contributed by atoms with van der Waals surface area (Å²) in [7, 11) is 0. The lowest BCUT2D eigenvalue weighted by atomic mass is 9.75. The van der Waals surface area contributed by atoms with Gasteiger partial charge in [0.2, 0.25) is 24.5 Å². The van der Waals surface area contributed by atoms with E-state index in [4.69, 9.17) is 14.2 Å². The van der Waals surface area contributed by atoms with Gasteiger partial charge >= 0.3 is 0 Å². The largest absolute Gasteiger partial charge is 0.454 e. The molecule has 2 aromatic rings. The molecule has 0 N–H and O–H groups in total. The lowest BCUT2D eigenvalue weighted by molar-refractivity contribution is -0.143. The van der Waals surface area contributed by atoms with Crippen LogP contribution in [0.15, 0.2) is 48.5 Å². The summed E-state index contributed by atoms with van der Waals surface area (Å²) in [5, 5.41) is 0. The number of hydrogen-bond acceptors (Lipinski definition) is 6. The van der Waals surface area contributed by atoms with Crippen LogP contribution in [-0.4, -0.2) is 60.1 Å². The van der Waals surface area contributed by atoms with Crippen molar-refractivity contribution in [3.63, 3.8) is 0 Å². The highest BCUT2D eigenvalue weighted by atomic mass is 16.7. The zero-order valence-electron chi connectivity index (χ0n) is 20.6. The molecule has 5 rings (SSSR count). The van der Waals surface area contributed by atoms with Gasteiger partial charge < -0.3 is 19.1 Å². The van der Waals surface area contributed by atoms with Crippen LogP contribution in [0.2, 0.25) is 0 Å². The number of carbonyl (C=O) groups excluding carboxylic acids is 3. The first kappa shape index (κ1) is 24.3. The number of imide groups is 1. The Morgan fingerprint density at radius 1 is 1.11 bits per heavy atom. The van der Waals surface area contributed by atoms with Crippen molar-refractivity contribution >= 4 is 17.7 Å². The number of amides is 3. The highest BCUT2D eigenvalue weighted by Crippen LogP contribution is 2.41. The molecule has 0 radical (unpaired) electrons. The van der Waals surface area contributed by atoms with Gasteiger partial charge in [-0.3, -0.25) is 19.3 Å². The maximum Gasteiger partial charge on any atom is 0.241 e. The molecule has 0 aromatic heterocycles. The molecule has 8 nitrogen and oxygen atoms in total. The third-order valence-electron chi connectivity index (χ3n) is 7.26. The Morgan fingerprint density at radius 2 is 1.92 bits per heavy atom. The molecule has 2 fully saturated rings. The van der Waals surface area contributed by atoms with Gasteiger partial charge in [-0.05, 0) is 42.5 Å². The van der Waals surface area contributed by atoms with Crippen LogP contribution < -0.4 is 9.47 Å². The van der Waals surface area contributed by atoms with Crippen LogP contribution in [0, 0.1) is 0 Å². The number of fused-ring (bicyclic) bond motifs is 1. The third kappa shape index (κ3) is 4.69. The second-order valence-corrected chi connectivity index (χ2v) is 9.75. The summed E-state index contributed by atoms with van der Waals surface area (Å²) in [6, 6.07) is 14.6. The number of hydrogen-bond donors (Lipinski definition) is 0. The van der Waals surface area contributed by atoms with Crippen LogP contribution in [0.5, 0.6) is 11.5 Å². The highest BCUT2D eigenvalue weighted by molar-refractivity contribution is 6.10. The van der Waals surface area contributed by atoms with Crippen molar-refractivity contribution < 1.29 is 28.6 Å². The molecule has 8 heteroatoms. The number of likely N-dealkylation sites (tertiary alicyclic amines) is 1. The zero-order chi connectivity index (χ0) is 25.1. The van der Waals surface area contributed by atoms with E-state index in [0.717, 1.165) is 24.8 Å². The van der Waals surface area contributed by atoms with Crippen molar-refractivity contribution in [3.05, 3.63) is 59.7 Å².